The van der Waals surface area contributed by atoms with E-state index in [2.05, 4.69) is 29.2 Å². The van der Waals surface area contributed by atoms with Gasteiger partial charge in [-0.3, -0.25) is 4.79 Å². The first-order chi connectivity index (χ1) is 15.9. The maximum Gasteiger partial charge on any atom is 0.195 e. The SMILES string of the molecule is O=C(c1ccc(F)cc1)c1cc(C2(O)CCN(CCCCc3ccccc3)CC2)ccc1F. The third-order valence-electron chi connectivity index (χ3n) is 6.57. The molecule has 0 bridgehead atoms. The highest BCUT2D eigenvalue weighted by Crippen LogP contribution is 2.34. The molecule has 0 radical (unpaired) electrons. The summed E-state index contributed by atoms with van der Waals surface area (Å²) in [6, 6.07) is 19.8. The first-order valence-electron chi connectivity index (χ1n) is 11.5. The van der Waals surface area contributed by atoms with Crippen LogP contribution in [0.4, 0.5) is 8.78 Å². The van der Waals surface area contributed by atoms with Gasteiger partial charge in [0.1, 0.15) is 11.6 Å². The minimum Gasteiger partial charge on any atom is -0.385 e. The molecule has 0 spiro atoms. The van der Waals surface area contributed by atoms with E-state index in [1.54, 1.807) is 6.07 Å². The second-order valence-electron chi connectivity index (χ2n) is 8.85. The summed E-state index contributed by atoms with van der Waals surface area (Å²) in [5, 5.41) is 11.3. The summed E-state index contributed by atoms with van der Waals surface area (Å²) < 4.78 is 27.6. The van der Waals surface area contributed by atoms with Crippen molar-refractivity contribution >= 4 is 5.78 Å². The molecule has 0 unspecified atom stereocenters. The van der Waals surface area contributed by atoms with Gasteiger partial charge < -0.3 is 10.0 Å². The van der Waals surface area contributed by atoms with Crippen molar-refractivity contribution in [1.82, 2.24) is 4.90 Å². The van der Waals surface area contributed by atoms with E-state index < -0.39 is 23.0 Å². The molecule has 0 atom stereocenters. The number of nitrogens with zero attached hydrogens (tertiary/aromatic N) is 1. The lowest BCUT2D eigenvalue weighted by Gasteiger charge is -2.38. The van der Waals surface area contributed by atoms with E-state index in [1.165, 1.54) is 42.0 Å². The van der Waals surface area contributed by atoms with Gasteiger partial charge in [0.25, 0.3) is 0 Å². The van der Waals surface area contributed by atoms with Gasteiger partial charge >= 0.3 is 0 Å². The van der Waals surface area contributed by atoms with Gasteiger partial charge in [0.05, 0.1) is 11.2 Å². The third-order valence-corrected chi connectivity index (χ3v) is 6.57. The van der Waals surface area contributed by atoms with Crippen molar-refractivity contribution in [3.63, 3.8) is 0 Å². The zero-order chi connectivity index (χ0) is 23.3. The van der Waals surface area contributed by atoms with Crippen LogP contribution in [0.1, 0.15) is 52.7 Å². The summed E-state index contributed by atoms with van der Waals surface area (Å²) in [5.41, 5.74) is 0.929. The maximum atomic E-state index is 14.4. The molecule has 4 rings (SSSR count). The number of aliphatic hydroxyl groups is 1. The first kappa shape index (κ1) is 23.3. The second-order valence-corrected chi connectivity index (χ2v) is 8.85. The fourth-order valence-corrected chi connectivity index (χ4v) is 4.49. The Hall–Kier alpha value is -2.89. The van der Waals surface area contributed by atoms with E-state index in [1.807, 2.05) is 6.07 Å². The van der Waals surface area contributed by atoms with Crippen molar-refractivity contribution in [2.75, 3.05) is 19.6 Å². The van der Waals surface area contributed by atoms with E-state index >= 15 is 0 Å². The quantitative estimate of drug-likeness (QED) is 0.365. The average molecular weight is 450 g/mol. The molecular formula is C28H29F2NO2. The fourth-order valence-electron chi connectivity index (χ4n) is 4.49. The minimum absolute atomic E-state index is 0.101. The highest BCUT2D eigenvalue weighted by molar-refractivity contribution is 6.09. The van der Waals surface area contributed by atoms with E-state index in [4.69, 9.17) is 0 Å². The molecule has 1 saturated heterocycles. The van der Waals surface area contributed by atoms with Crippen LogP contribution in [-0.4, -0.2) is 35.4 Å². The zero-order valence-electron chi connectivity index (χ0n) is 18.6. The Balaban J connectivity index is 1.35. The van der Waals surface area contributed by atoms with Crippen LogP contribution in [0.3, 0.4) is 0 Å². The number of carbonyl (C=O) groups excluding carboxylic acids is 1. The van der Waals surface area contributed by atoms with Gasteiger partial charge in [-0.2, -0.15) is 0 Å². The first-order valence-corrected chi connectivity index (χ1v) is 11.5. The molecule has 1 heterocycles. The molecule has 3 aromatic carbocycles. The number of benzene rings is 3. The predicted octanol–water partition coefficient (Wildman–Crippen LogP) is 5.50. The van der Waals surface area contributed by atoms with Gasteiger partial charge in [-0.15, -0.1) is 0 Å². The molecule has 1 aliphatic heterocycles. The molecule has 0 aliphatic carbocycles. The molecule has 172 valence electrons. The van der Waals surface area contributed by atoms with Gasteiger partial charge in [-0.1, -0.05) is 36.4 Å². The molecule has 3 nitrogen and oxygen atoms in total. The Morgan fingerprint density at radius 3 is 2.30 bits per heavy atom. The van der Waals surface area contributed by atoms with Crippen molar-refractivity contribution in [2.45, 2.75) is 37.7 Å². The number of hydrogen-bond donors (Lipinski definition) is 1. The summed E-state index contributed by atoms with van der Waals surface area (Å²) in [6.45, 7) is 2.49. The summed E-state index contributed by atoms with van der Waals surface area (Å²) in [6.07, 6.45) is 4.35. The van der Waals surface area contributed by atoms with Crippen LogP contribution in [-0.2, 0) is 12.0 Å². The number of hydrogen-bond acceptors (Lipinski definition) is 3. The number of unbranched alkanes of at least 4 members (excludes halogenated alkanes) is 1. The van der Waals surface area contributed by atoms with E-state index in [0.29, 0.717) is 18.4 Å². The van der Waals surface area contributed by atoms with Crippen LogP contribution in [0.25, 0.3) is 0 Å². The lowest BCUT2D eigenvalue weighted by molar-refractivity contribution is -0.0261. The predicted molar refractivity (Wildman–Crippen MR) is 125 cm³/mol. The molecular weight excluding hydrogens is 420 g/mol. The highest BCUT2D eigenvalue weighted by Gasteiger charge is 2.34. The molecule has 0 saturated carbocycles. The molecule has 33 heavy (non-hydrogen) atoms. The normalized spacial score (nSPS) is 16.0. The standard InChI is InChI=1S/C28H29F2NO2/c29-24-12-9-22(10-13-24)27(32)25-20-23(11-14-26(25)30)28(33)15-18-31(19-16-28)17-5-4-8-21-6-2-1-3-7-21/h1-3,6-7,9-14,20,33H,4-5,8,15-19H2. The van der Waals surface area contributed by atoms with Gasteiger partial charge in [0, 0.05) is 18.7 Å². The topological polar surface area (TPSA) is 40.5 Å². The van der Waals surface area contributed by atoms with Crippen molar-refractivity contribution in [2.24, 2.45) is 0 Å². The Morgan fingerprint density at radius 2 is 1.61 bits per heavy atom. The molecule has 1 aliphatic rings. The summed E-state index contributed by atoms with van der Waals surface area (Å²) >= 11 is 0. The monoisotopic (exact) mass is 449 g/mol. The number of carbonyl (C=O) groups is 1. The van der Waals surface area contributed by atoms with Gasteiger partial charge in [0.2, 0.25) is 0 Å². The molecule has 1 fully saturated rings. The number of halogens is 2. The van der Waals surface area contributed by atoms with Crippen LogP contribution in [0, 0.1) is 11.6 Å². The lowest BCUT2D eigenvalue weighted by Crippen LogP contribution is -2.43. The summed E-state index contributed by atoms with van der Waals surface area (Å²) in [5.74, 6) is -1.62. The molecule has 0 aromatic heterocycles. The number of piperidine rings is 1. The number of likely N-dealkylation sites (tertiary alicyclic amines) is 1. The van der Waals surface area contributed by atoms with Crippen LogP contribution >= 0.6 is 0 Å². The van der Waals surface area contributed by atoms with Crippen molar-refractivity contribution in [1.29, 1.82) is 0 Å². The Morgan fingerprint density at radius 1 is 0.909 bits per heavy atom. The van der Waals surface area contributed by atoms with Gasteiger partial charge in [-0.05, 0) is 86.2 Å². The summed E-state index contributed by atoms with van der Waals surface area (Å²) in [7, 11) is 0. The van der Waals surface area contributed by atoms with E-state index in [-0.39, 0.29) is 11.1 Å². The van der Waals surface area contributed by atoms with Crippen LogP contribution in [0.15, 0.2) is 72.8 Å². The minimum atomic E-state index is -1.09. The van der Waals surface area contributed by atoms with Crippen LogP contribution in [0.5, 0.6) is 0 Å². The van der Waals surface area contributed by atoms with Crippen LogP contribution in [0.2, 0.25) is 0 Å². The Kier molecular flexibility index (Phi) is 7.31. The smallest absolute Gasteiger partial charge is 0.195 e. The highest BCUT2D eigenvalue weighted by atomic mass is 19.1. The molecule has 3 aromatic rings. The second kappa shape index (κ2) is 10.4. The fraction of sp³-hybridized carbons (Fsp3) is 0.321. The number of rotatable bonds is 8. The molecule has 0 amide bonds. The number of ketones is 1. The summed E-state index contributed by atoms with van der Waals surface area (Å²) in [4.78, 5) is 15.1. The third kappa shape index (κ3) is 5.73. The zero-order valence-corrected chi connectivity index (χ0v) is 18.6. The van der Waals surface area contributed by atoms with Crippen molar-refractivity contribution in [3.05, 3.63) is 107 Å². The Labute approximate surface area is 193 Å². The lowest BCUT2D eigenvalue weighted by atomic mass is 9.83. The maximum absolute atomic E-state index is 14.4. The van der Waals surface area contributed by atoms with Crippen LogP contribution < -0.4 is 0 Å². The van der Waals surface area contributed by atoms with E-state index in [9.17, 15) is 18.7 Å². The molecule has 1 N–H and O–H groups in total. The molecule has 5 heteroatoms. The average Bonchev–Trinajstić information content (AvgIpc) is 2.84. The van der Waals surface area contributed by atoms with Gasteiger partial charge in [-0.25, -0.2) is 8.78 Å². The Bertz CT molecular complexity index is 1070. The van der Waals surface area contributed by atoms with Crippen molar-refractivity contribution < 1.29 is 18.7 Å². The van der Waals surface area contributed by atoms with Gasteiger partial charge in [0.15, 0.2) is 5.78 Å². The number of aryl methyl sites for hydroxylation is 1. The van der Waals surface area contributed by atoms with Crippen molar-refractivity contribution in [3.8, 4) is 0 Å². The van der Waals surface area contributed by atoms with E-state index in [0.717, 1.165) is 38.9 Å². The largest absolute Gasteiger partial charge is 0.385 e.